The first kappa shape index (κ1) is 22.4. The van der Waals surface area contributed by atoms with Crippen molar-refractivity contribution in [2.45, 2.75) is 27.3 Å². The summed E-state index contributed by atoms with van der Waals surface area (Å²) in [5.41, 5.74) is 4.59. The van der Waals surface area contributed by atoms with Gasteiger partial charge < -0.3 is 10.1 Å². The molecule has 2 aromatic carbocycles. The molecule has 2 aromatic heterocycles. The van der Waals surface area contributed by atoms with Crippen molar-refractivity contribution in [1.29, 1.82) is 0 Å². The van der Waals surface area contributed by atoms with Crippen molar-refractivity contribution >= 4 is 39.1 Å². The van der Waals surface area contributed by atoms with Crippen LogP contribution in [-0.4, -0.2) is 28.0 Å². The Bertz CT molecular complexity index is 1420. The molecule has 0 radical (unpaired) electrons. The molecule has 8 heteroatoms. The second-order valence-electron chi connectivity index (χ2n) is 7.66. The fourth-order valence-electron chi connectivity index (χ4n) is 3.50. The van der Waals surface area contributed by atoms with Gasteiger partial charge in [0.05, 0.1) is 23.9 Å². The molecule has 0 saturated carbocycles. The van der Waals surface area contributed by atoms with E-state index in [0.717, 1.165) is 16.7 Å². The number of thiophene rings is 1. The van der Waals surface area contributed by atoms with Crippen LogP contribution in [0, 0.1) is 13.8 Å². The van der Waals surface area contributed by atoms with Gasteiger partial charge in [0.1, 0.15) is 11.4 Å². The van der Waals surface area contributed by atoms with Crippen LogP contribution >= 0.6 is 11.3 Å². The van der Waals surface area contributed by atoms with E-state index in [0.29, 0.717) is 21.5 Å². The van der Waals surface area contributed by atoms with E-state index < -0.39 is 11.9 Å². The van der Waals surface area contributed by atoms with E-state index in [1.807, 2.05) is 31.4 Å². The topological polar surface area (TPSA) is 90.3 Å². The molecule has 0 fully saturated rings. The molecular weight excluding hydrogens is 438 g/mol. The lowest BCUT2D eigenvalue weighted by Crippen LogP contribution is -2.27. The lowest BCUT2D eigenvalue weighted by atomic mass is 10.0. The van der Waals surface area contributed by atoms with E-state index in [1.165, 1.54) is 33.9 Å². The first-order valence-electron chi connectivity index (χ1n) is 10.5. The fraction of sp³-hybridized carbons (Fsp3) is 0.200. The highest BCUT2D eigenvalue weighted by Gasteiger charge is 2.16. The number of carbonyl (C=O) groups is 2. The number of hydrogen-bond donors (Lipinski definition) is 1. The van der Waals surface area contributed by atoms with Crippen LogP contribution in [0.3, 0.4) is 0 Å². The quantitative estimate of drug-likeness (QED) is 0.425. The molecular formula is C25H23N3O4S. The standard InChI is InChI=1S/C25H23N3O4S/c1-4-32-25(31)18-6-5-7-19(11-18)27-21(29)12-28-14-26-23-22(24(28)30)20(13-33-23)17-9-8-15(2)16(3)10-17/h5-11,13-14H,4,12H2,1-3H3,(H,27,29). The van der Waals surface area contributed by atoms with Gasteiger partial charge >= 0.3 is 5.97 Å². The van der Waals surface area contributed by atoms with Crippen molar-refractivity contribution in [2.75, 3.05) is 11.9 Å². The third-order valence-corrected chi connectivity index (χ3v) is 6.24. The van der Waals surface area contributed by atoms with Gasteiger partial charge in [-0.15, -0.1) is 11.3 Å². The minimum atomic E-state index is -0.462. The predicted octanol–water partition coefficient (Wildman–Crippen LogP) is 4.56. The zero-order valence-electron chi connectivity index (χ0n) is 18.5. The van der Waals surface area contributed by atoms with Gasteiger partial charge in [-0.25, -0.2) is 9.78 Å². The van der Waals surface area contributed by atoms with Crippen LogP contribution in [0.1, 0.15) is 28.4 Å². The van der Waals surface area contributed by atoms with Gasteiger partial charge in [0.25, 0.3) is 5.56 Å². The summed E-state index contributed by atoms with van der Waals surface area (Å²) in [6.07, 6.45) is 1.39. The highest BCUT2D eigenvalue weighted by molar-refractivity contribution is 7.17. The number of carbonyl (C=O) groups excluding carboxylic acids is 2. The SMILES string of the molecule is CCOC(=O)c1cccc(NC(=O)Cn2cnc3scc(-c4ccc(C)c(C)c4)c3c2=O)c1. The van der Waals surface area contributed by atoms with Crippen LogP contribution in [0.25, 0.3) is 21.3 Å². The number of rotatable bonds is 6. The number of esters is 1. The maximum atomic E-state index is 13.2. The molecule has 0 aliphatic rings. The van der Waals surface area contributed by atoms with E-state index in [2.05, 4.69) is 16.4 Å². The molecule has 0 aliphatic heterocycles. The van der Waals surface area contributed by atoms with Crippen LogP contribution in [0.2, 0.25) is 0 Å². The number of nitrogens with one attached hydrogen (secondary N) is 1. The van der Waals surface area contributed by atoms with Gasteiger partial charge in [-0.05, 0) is 55.7 Å². The van der Waals surface area contributed by atoms with Crippen LogP contribution in [0.5, 0.6) is 0 Å². The maximum Gasteiger partial charge on any atom is 0.338 e. The smallest absolute Gasteiger partial charge is 0.338 e. The van der Waals surface area contributed by atoms with Gasteiger partial charge in [-0.3, -0.25) is 14.2 Å². The van der Waals surface area contributed by atoms with Crippen LogP contribution < -0.4 is 10.9 Å². The minimum absolute atomic E-state index is 0.201. The van der Waals surface area contributed by atoms with Gasteiger partial charge in [-0.2, -0.15) is 0 Å². The number of ether oxygens (including phenoxy) is 1. The average Bonchev–Trinajstić information content (AvgIpc) is 3.23. The first-order valence-corrected chi connectivity index (χ1v) is 11.4. The monoisotopic (exact) mass is 461 g/mol. The largest absolute Gasteiger partial charge is 0.462 e. The molecule has 1 N–H and O–H groups in total. The van der Waals surface area contributed by atoms with Crippen molar-refractivity contribution in [3.05, 3.63) is 81.2 Å². The lowest BCUT2D eigenvalue weighted by molar-refractivity contribution is -0.116. The second kappa shape index (κ2) is 9.38. The number of fused-ring (bicyclic) bond motifs is 1. The summed E-state index contributed by atoms with van der Waals surface area (Å²) in [4.78, 5) is 42.8. The molecule has 4 aromatic rings. The van der Waals surface area contributed by atoms with Crippen LogP contribution in [0.4, 0.5) is 5.69 Å². The number of amides is 1. The lowest BCUT2D eigenvalue weighted by Gasteiger charge is -2.09. The Morgan fingerprint density at radius 1 is 1.12 bits per heavy atom. The van der Waals surface area contributed by atoms with Crippen molar-refractivity contribution in [2.24, 2.45) is 0 Å². The molecule has 0 aliphatic carbocycles. The molecule has 168 valence electrons. The average molecular weight is 462 g/mol. The van der Waals surface area contributed by atoms with Crippen molar-refractivity contribution in [3.63, 3.8) is 0 Å². The fourth-order valence-corrected chi connectivity index (χ4v) is 4.40. The Labute approximate surface area is 194 Å². The van der Waals surface area contributed by atoms with Gasteiger partial charge in [0.15, 0.2) is 0 Å². The second-order valence-corrected chi connectivity index (χ2v) is 8.51. The Morgan fingerprint density at radius 2 is 1.94 bits per heavy atom. The summed E-state index contributed by atoms with van der Waals surface area (Å²) in [5.74, 6) is -0.863. The highest BCUT2D eigenvalue weighted by Crippen LogP contribution is 2.31. The minimum Gasteiger partial charge on any atom is -0.462 e. The number of aryl methyl sites for hydroxylation is 2. The van der Waals surface area contributed by atoms with E-state index in [4.69, 9.17) is 4.74 Å². The van der Waals surface area contributed by atoms with Crippen LogP contribution in [0.15, 0.2) is 59.0 Å². The van der Waals surface area contributed by atoms with Crippen molar-refractivity contribution in [3.8, 4) is 11.1 Å². The molecule has 0 bridgehead atoms. The Kier molecular flexibility index (Phi) is 6.37. The summed E-state index contributed by atoms with van der Waals surface area (Å²) >= 11 is 1.40. The van der Waals surface area contributed by atoms with Gasteiger partial charge in [0, 0.05) is 16.6 Å². The summed E-state index contributed by atoms with van der Waals surface area (Å²) in [6, 6.07) is 12.5. The van der Waals surface area contributed by atoms with Crippen molar-refractivity contribution < 1.29 is 14.3 Å². The number of aromatic nitrogens is 2. The summed E-state index contributed by atoms with van der Waals surface area (Å²) in [5, 5.41) is 5.15. The van der Waals surface area contributed by atoms with Crippen LogP contribution in [-0.2, 0) is 16.1 Å². The normalized spacial score (nSPS) is 10.9. The van der Waals surface area contributed by atoms with E-state index in [-0.39, 0.29) is 18.7 Å². The number of nitrogens with zero attached hydrogens (tertiary/aromatic N) is 2. The number of anilines is 1. The van der Waals surface area contributed by atoms with E-state index in [9.17, 15) is 14.4 Å². The third kappa shape index (κ3) is 4.70. The Morgan fingerprint density at radius 3 is 2.70 bits per heavy atom. The third-order valence-electron chi connectivity index (χ3n) is 5.35. The van der Waals surface area contributed by atoms with Gasteiger partial charge in [0.2, 0.25) is 5.91 Å². The molecule has 33 heavy (non-hydrogen) atoms. The Balaban J connectivity index is 1.59. The Hall–Kier alpha value is -3.78. The summed E-state index contributed by atoms with van der Waals surface area (Å²) in [6.45, 7) is 5.87. The summed E-state index contributed by atoms with van der Waals surface area (Å²) < 4.78 is 6.29. The first-order chi connectivity index (χ1) is 15.9. The molecule has 0 saturated heterocycles. The van der Waals surface area contributed by atoms with Crippen molar-refractivity contribution in [1.82, 2.24) is 9.55 Å². The molecule has 2 heterocycles. The molecule has 7 nitrogen and oxygen atoms in total. The zero-order chi connectivity index (χ0) is 23.5. The molecule has 1 amide bonds. The molecule has 0 atom stereocenters. The number of benzene rings is 2. The van der Waals surface area contributed by atoms with Gasteiger partial charge in [-0.1, -0.05) is 24.3 Å². The predicted molar refractivity (Wildman–Crippen MR) is 130 cm³/mol. The summed E-state index contributed by atoms with van der Waals surface area (Å²) in [7, 11) is 0. The maximum absolute atomic E-state index is 13.2. The zero-order valence-corrected chi connectivity index (χ0v) is 19.4. The molecule has 0 spiro atoms. The molecule has 4 rings (SSSR count). The van der Waals surface area contributed by atoms with E-state index >= 15 is 0 Å². The number of hydrogen-bond acceptors (Lipinski definition) is 6. The molecule has 0 unspecified atom stereocenters. The highest BCUT2D eigenvalue weighted by atomic mass is 32.1. The van der Waals surface area contributed by atoms with E-state index in [1.54, 1.807) is 25.1 Å².